The highest BCUT2D eigenvalue weighted by Crippen LogP contribution is 2.32. The summed E-state index contributed by atoms with van der Waals surface area (Å²) in [6.45, 7) is 3.09. The highest BCUT2D eigenvalue weighted by atomic mass is 16.5. The minimum absolute atomic E-state index is 0.117. The first-order chi connectivity index (χ1) is 5.70. The largest absolute Gasteiger partial charge is 0.373 e. The van der Waals surface area contributed by atoms with Gasteiger partial charge in [-0.3, -0.25) is 0 Å². The monoisotopic (exact) mass is 170 g/mol. The van der Waals surface area contributed by atoms with Crippen LogP contribution in [0.25, 0.3) is 0 Å². The van der Waals surface area contributed by atoms with Gasteiger partial charge in [0.05, 0.1) is 5.60 Å². The van der Waals surface area contributed by atoms with Crippen LogP contribution in [0.15, 0.2) is 0 Å². The van der Waals surface area contributed by atoms with Gasteiger partial charge < -0.3 is 15.4 Å². The fourth-order valence-corrected chi connectivity index (χ4v) is 2.39. The second-order valence-electron chi connectivity index (χ2n) is 4.27. The second kappa shape index (κ2) is 2.98. The first kappa shape index (κ1) is 8.48. The minimum Gasteiger partial charge on any atom is -0.373 e. The zero-order valence-corrected chi connectivity index (χ0v) is 7.75. The molecular weight excluding hydrogens is 152 g/mol. The number of hydrogen-bond donors (Lipinski definition) is 1. The lowest BCUT2D eigenvalue weighted by atomic mass is 9.90. The third-order valence-corrected chi connectivity index (χ3v) is 3.04. The number of nitrogens with zero attached hydrogens (tertiary/aromatic N) is 1. The molecule has 2 fully saturated rings. The maximum absolute atomic E-state index is 5.94. The summed E-state index contributed by atoms with van der Waals surface area (Å²) >= 11 is 0. The molecule has 0 aromatic rings. The van der Waals surface area contributed by atoms with Crippen molar-refractivity contribution in [1.29, 1.82) is 0 Å². The van der Waals surface area contributed by atoms with E-state index in [1.54, 1.807) is 0 Å². The van der Waals surface area contributed by atoms with E-state index in [9.17, 15) is 0 Å². The Labute approximate surface area is 73.9 Å². The number of nitrogens with two attached hydrogens (primary N) is 1. The van der Waals surface area contributed by atoms with Gasteiger partial charge in [-0.25, -0.2) is 0 Å². The number of rotatable bonds is 0. The molecule has 70 valence electrons. The van der Waals surface area contributed by atoms with E-state index in [0.29, 0.717) is 6.04 Å². The van der Waals surface area contributed by atoms with Crippen LogP contribution in [-0.4, -0.2) is 43.3 Å². The summed E-state index contributed by atoms with van der Waals surface area (Å²) in [6, 6.07) is 0.366. The van der Waals surface area contributed by atoms with Crippen molar-refractivity contribution in [3.8, 4) is 0 Å². The van der Waals surface area contributed by atoms with Crippen molar-refractivity contribution in [2.45, 2.75) is 30.9 Å². The zero-order chi connectivity index (χ0) is 8.60. The molecule has 0 aliphatic carbocycles. The van der Waals surface area contributed by atoms with E-state index < -0.39 is 0 Å². The van der Waals surface area contributed by atoms with E-state index in [1.807, 2.05) is 0 Å². The normalized spacial score (nSPS) is 44.0. The topological polar surface area (TPSA) is 38.5 Å². The van der Waals surface area contributed by atoms with Gasteiger partial charge in [-0.15, -0.1) is 0 Å². The molecule has 12 heavy (non-hydrogen) atoms. The quantitative estimate of drug-likeness (QED) is 0.564. The van der Waals surface area contributed by atoms with Gasteiger partial charge in [0, 0.05) is 25.7 Å². The van der Waals surface area contributed by atoms with Crippen LogP contribution in [0.3, 0.4) is 0 Å². The first-order valence-corrected chi connectivity index (χ1v) is 4.78. The molecule has 3 nitrogen and oxygen atoms in total. The van der Waals surface area contributed by atoms with Crippen LogP contribution in [0, 0.1) is 0 Å². The Morgan fingerprint density at radius 1 is 1.58 bits per heavy atom. The molecule has 0 aromatic carbocycles. The molecule has 2 heterocycles. The van der Waals surface area contributed by atoms with Crippen LogP contribution in [0.2, 0.25) is 0 Å². The van der Waals surface area contributed by atoms with Gasteiger partial charge in [-0.2, -0.15) is 0 Å². The van der Waals surface area contributed by atoms with E-state index in [-0.39, 0.29) is 5.60 Å². The third kappa shape index (κ3) is 1.49. The summed E-state index contributed by atoms with van der Waals surface area (Å²) in [6.07, 6.45) is 3.25. The molecule has 0 bridgehead atoms. The Bertz CT molecular complexity index is 170. The fraction of sp³-hybridized carbons (Fsp3) is 1.00. The lowest BCUT2D eigenvalue weighted by Crippen LogP contribution is -2.46. The van der Waals surface area contributed by atoms with E-state index >= 15 is 0 Å². The fourth-order valence-electron chi connectivity index (χ4n) is 2.39. The number of hydrogen-bond acceptors (Lipinski definition) is 3. The first-order valence-electron chi connectivity index (χ1n) is 4.78. The Balaban J connectivity index is 2.00. The lowest BCUT2D eigenvalue weighted by Gasteiger charge is -2.36. The smallest absolute Gasteiger partial charge is 0.0835 e. The summed E-state index contributed by atoms with van der Waals surface area (Å²) in [5.74, 6) is 0. The van der Waals surface area contributed by atoms with Crippen molar-refractivity contribution in [1.82, 2.24) is 4.90 Å². The Morgan fingerprint density at radius 3 is 3.00 bits per heavy atom. The molecule has 0 amide bonds. The SMILES string of the molecule is CN1CC[C@]2(C[C@H](N)CCO2)C1. The molecule has 2 aliphatic rings. The molecule has 2 saturated heterocycles. The van der Waals surface area contributed by atoms with Crippen molar-refractivity contribution in [2.24, 2.45) is 5.73 Å². The van der Waals surface area contributed by atoms with Gasteiger partial charge in [-0.1, -0.05) is 0 Å². The predicted molar refractivity (Wildman–Crippen MR) is 48.0 cm³/mol. The molecule has 1 spiro atoms. The van der Waals surface area contributed by atoms with E-state index in [2.05, 4.69) is 11.9 Å². The number of likely N-dealkylation sites (N-methyl/N-ethyl adjacent to an activating group) is 1. The van der Waals surface area contributed by atoms with Gasteiger partial charge in [-0.05, 0) is 26.3 Å². The molecule has 2 atom stereocenters. The number of likely N-dealkylation sites (tertiary alicyclic amines) is 1. The van der Waals surface area contributed by atoms with E-state index in [1.165, 1.54) is 0 Å². The van der Waals surface area contributed by atoms with Crippen LogP contribution in [0.4, 0.5) is 0 Å². The molecule has 2 rings (SSSR count). The summed E-state index contributed by atoms with van der Waals surface area (Å²) in [5.41, 5.74) is 6.05. The molecule has 2 N–H and O–H groups in total. The average Bonchev–Trinajstić information content (AvgIpc) is 2.32. The molecule has 0 radical (unpaired) electrons. The average molecular weight is 170 g/mol. The Kier molecular flexibility index (Phi) is 2.10. The lowest BCUT2D eigenvalue weighted by molar-refractivity contribution is -0.0747. The van der Waals surface area contributed by atoms with Crippen LogP contribution >= 0.6 is 0 Å². The highest BCUT2D eigenvalue weighted by molar-refractivity contribution is 4.95. The van der Waals surface area contributed by atoms with Crippen molar-refractivity contribution < 1.29 is 4.74 Å². The van der Waals surface area contributed by atoms with Crippen LogP contribution in [0.1, 0.15) is 19.3 Å². The summed E-state index contributed by atoms with van der Waals surface area (Å²) in [4.78, 5) is 2.33. The second-order valence-corrected chi connectivity index (χ2v) is 4.27. The minimum atomic E-state index is 0.117. The van der Waals surface area contributed by atoms with E-state index in [4.69, 9.17) is 10.5 Å². The summed E-state index contributed by atoms with van der Waals surface area (Å²) in [7, 11) is 2.15. The highest BCUT2D eigenvalue weighted by Gasteiger charge is 2.41. The van der Waals surface area contributed by atoms with Crippen LogP contribution < -0.4 is 5.73 Å². The number of ether oxygens (including phenoxy) is 1. The standard InChI is InChI=1S/C9H18N2O/c1-11-4-3-9(7-11)6-8(10)2-5-12-9/h8H,2-7,10H2,1H3/t8-,9+/m1/s1. The molecule has 0 saturated carbocycles. The summed E-state index contributed by atoms with van der Waals surface area (Å²) < 4.78 is 5.85. The van der Waals surface area contributed by atoms with Gasteiger partial charge in [0.25, 0.3) is 0 Å². The molecule has 2 aliphatic heterocycles. The van der Waals surface area contributed by atoms with Gasteiger partial charge >= 0.3 is 0 Å². The van der Waals surface area contributed by atoms with Gasteiger partial charge in [0.2, 0.25) is 0 Å². The van der Waals surface area contributed by atoms with Gasteiger partial charge in [0.15, 0.2) is 0 Å². The Hall–Kier alpha value is -0.120. The van der Waals surface area contributed by atoms with Crippen LogP contribution in [0.5, 0.6) is 0 Å². The zero-order valence-electron chi connectivity index (χ0n) is 7.75. The predicted octanol–water partition coefficient (Wildman–Crippen LogP) is 0.198. The Morgan fingerprint density at radius 2 is 2.42 bits per heavy atom. The molecule has 3 heteroatoms. The third-order valence-electron chi connectivity index (χ3n) is 3.04. The van der Waals surface area contributed by atoms with Crippen molar-refractivity contribution in [3.63, 3.8) is 0 Å². The van der Waals surface area contributed by atoms with Gasteiger partial charge in [0.1, 0.15) is 0 Å². The molecule has 0 unspecified atom stereocenters. The van der Waals surface area contributed by atoms with Crippen LogP contribution in [-0.2, 0) is 4.74 Å². The maximum atomic E-state index is 5.94. The van der Waals surface area contributed by atoms with Crippen molar-refractivity contribution in [2.75, 3.05) is 26.7 Å². The van der Waals surface area contributed by atoms with Crippen molar-refractivity contribution in [3.05, 3.63) is 0 Å². The summed E-state index contributed by atoms with van der Waals surface area (Å²) in [5, 5.41) is 0. The molecule has 0 aromatic heterocycles. The van der Waals surface area contributed by atoms with Crippen molar-refractivity contribution >= 4 is 0 Å². The maximum Gasteiger partial charge on any atom is 0.0835 e. The molecular formula is C9H18N2O. The van der Waals surface area contributed by atoms with E-state index in [0.717, 1.165) is 39.0 Å².